The summed E-state index contributed by atoms with van der Waals surface area (Å²) in [7, 11) is 0. The summed E-state index contributed by atoms with van der Waals surface area (Å²) in [4.78, 5) is 0. The van der Waals surface area contributed by atoms with Crippen LogP contribution in [0.1, 0.15) is 33.6 Å². The first kappa shape index (κ1) is 23.9. The third kappa shape index (κ3) is 22.0. The molecule has 0 heterocycles. The molecule has 111 valence electrons. The summed E-state index contributed by atoms with van der Waals surface area (Å²) in [5.41, 5.74) is 3.45. The number of hydrogen-bond donors (Lipinski definition) is 0. The molecule has 0 atom stereocenters. The molecule has 0 amide bonds. The van der Waals surface area contributed by atoms with Crippen LogP contribution in [0.2, 0.25) is 0 Å². The molecule has 0 nitrogen and oxygen atoms in total. The zero-order valence-electron chi connectivity index (χ0n) is 13.1. The summed E-state index contributed by atoms with van der Waals surface area (Å²) >= 11 is 0. The molecule has 1 radical (unpaired) electrons. The van der Waals surface area contributed by atoms with Gasteiger partial charge in [-0.2, -0.15) is 6.08 Å². The smallest absolute Gasteiger partial charge is 0.270 e. The van der Waals surface area contributed by atoms with Crippen molar-refractivity contribution in [2.45, 2.75) is 33.6 Å². The number of hydrogen-bond acceptors (Lipinski definition) is 0. The maximum absolute atomic E-state index is 3.62. The molecule has 0 aromatic heterocycles. The Balaban J connectivity index is -0.000000213. The van der Waals surface area contributed by atoms with Crippen molar-refractivity contribution in [1.82, 2.24) is 0 Å². The van der Waals surface area contributed by atoms with Crippen LogP contribution >= 0.6 is 0 Å². The molecule has 0 bridgehead atoms. The van der Waals surface area contributed by atoms with E-state index in [0.717, 1.165) is 24.0 Å². The Morgan fingerprint density at radius 1 is 1.20 bits per heavy atom. The first-order valence-corrected chi connectivity index (χ1v) is 6.46. The summed E-state index contributed by atoms with van der Waals surface area (Å²) in [6.07, 6.45) is 16.8. The normalized spacial score (nSPS) is 11.8. The Labute approximate surface area is 139 Å². The second-order valence-corrected chi connectivity index (χ2v) is 4.16. The minimum absolute atomic E-state index is 0. The molecular weight excluding hydrogens is 329 g/mol. The number of rotatable bonds is 3. The average molecular weight is 356 g/mol. The van der Waals surface area contributed by atoms with Crippen LogP contribution in [-0.2, 0) is 19.5 Å². The quantitative estimate of drug-likeness (QED) is 0.331. The van der Waals surface area contributed by atoms with E-state index in [1.165, 1.54) is 5.57 Å². The molecule has 0 unspecified atom stereocenters. The summed E-state index contributed by atoms with van der Waals surface area (Å²) in [6.45, 7) is 20.2. The summed E-state index contributed by atoms with van der Waals surface area (Å²) in [6, 6.07) is 0. The largest absolute Gasteiger partial charge is 3.00 e. The Morgan fingerprint density at radius 2 is 1.65 bits per heavy atom. The molecule has 1 aliphatic rings. The molecule has 0 saturated heterocycles. The maximum atomic E-state index is 3.62. The fraction of sp³-hybridized carbons (Fsp3) is 0.263. The van der Waals surface area contributed by atoms with E-state index in [-0.39, 0.29) is 19.5 Å². The minimum atomic E-state index is 0. The van der Waals surface area contributed by atoms with Crippen molar-refractivity contribution in [2.24, 2.45) is 0 Å². The molecule has 0 N–H and O–H groups in total. The van der Waals surface area contributed by atoms with Gasteiger partial charge in [0.2, 0.25) is 0 Å². The van der Waals surface area contributed by atoms with Gasteiger partial charge in [-0.15, -0.1) is 30.7 Å². The first-order valence-electron chi connectivity index (χ1n) is 6.46. The van der Waals surface area contributed by atoms with Crippen molar-refractivity contribution in [3.8, 4) is 0 Å². The van der Waals surface area contributed by atoms with Crippen molar-refractivity contribution in [3.63, 3.8) is 0 Å². The van der Waals surface area contributed by atoms with Crippen molar-refractivity contribution < 1.29 is 19.5 Å². The second-order valence-electron chi connectivity index (χ2n) is 4.16. The monoisotopic (exact) mass is 357 g/mol. The van der Waals surface area contributed by atoms with Gasteiger partial charge in [-0.1, -0.05) is 27.2 Å². The van der Waals surface area contributed by atoms with E-state index >= 15 is 0 Å². The molecule has 0 aromatic carbocycles. The fourth-order valence-electron chi connectivity index (χ4n) is 1.10. The Kier molecular flexibility index (Phi) is 21.2. The van der Waals surface area contributed by atoms with Gasteiger partial charge in [0, 0.05) is 0 Å². The Morgan fingerprint density at radius 3 is 1.75 bits per heavy atom. The zero-order chi connectivity index (χ0) is 15.1. The predicted octanol–water partition coefficient (Wildman–Crippen LogP) is 5.99. The Bertz CT molecular complexity index is 343. The molecule has 1 heteroatoms. The van der Waals surface area contributed by atoms with E-state index in [9.17, 15) is 0 Å². The third-order valence-electron chi connectivity index (χ3n) is 1.95. The van der Waals surface area contributed by atoms with Crippen molar-refractivity contribution in [2.75, 3.05) is 0 Å². The van der Waals surface area contributed by atoms with E-state index in [4.69, 9.17) is 0 Å². The molecule has 0 aromatic rings. The van der Waals surface area contributed by atoms with Gasteiger partial charge in [0.05, 0.1) is 0 Å². The van der Waals surface area contributed by atoms with E-state index in [2.05, 4.69) is 52.2 Å². The van der Waals surface area contributed by atoms with E-state index in [1.807, 2.05) is 26.0 Å². The van der Waals surface area contributed by atoms with Crippen LogP contribution < -0.4 is 0 Å². The molecule has 1 rings (SSSR count). The molecule has 0 spiro atoms. The fourth-order valence-corrected chi connectivity index (χ4v) is 1.10. The number of allylic oxidation sites excluding steroid dienone is 10. The zero-order valence-corrected chi connectivity index (χ0v) is 14.8. The summed E-state index contributed by atoms with van der Waals surface area (Å²) in [5.74, 6) is 0. The van der Waals surface area contributed by atoms with Crippen molar-refractivity contribution in [1.29, 1.82) is 0 Å². The van der Waals surface area contributed by atoms with Crippen LogP contribution in [0.25, 0.3) is 0 Å². The topological polar surface area (TPSA) is 0 Å². The van der Waals surface area contributed by atoms with Crippen LogP contribution in [0.4, 0.5) is 0 Å². The van der Waals surface area contributed by atoms with Crippen LogP contribution in [0.15, 0.2) is 66.3 Å². The van der Waals surface area contributed by atoms with Gasteiger partial charge >= 0.3 is 19.5 Å². The molecule has 0 aliphatic heterocycles. The molecule has 0 fully saturated rings. The molecule has 1 aliphatic carbocycles. The van der Waals surface area contributed by atoms with Crippen molar-refractivity contribution >= 4 is 0 Å². The van der Waals surface area contributed by atoms with Gasteiger partial charge < -0.3 is 0 Å². The summed E-state index contributed by atoms with van der Waals surface area (Å²) in [5, 5.41) is 0. The standard InChI is InChI=1S/C7H9.2C6H9.Ru/c1-2-7-5-3-4-6-7;2*1-4-5-6(2)3;/h3,5H,2,4H2,1H3;2*4-5H,1-2H2,3H3;/q3*-1;+3. The second kappa shape index (κ2) is 17.8. The van der Waals surface area contributed by atoms with Crippen molar-refractivity contribution in [3.05, 3.63) is 86.3 Å². The van der Waals surface area contributed by atoms with Crippen LogP contribution in [-0.4, -0.2) is 0 Å². The van der Waals surface area contributed by atoms with Crippen LogP contribution in [0.3, 0.4) is 0 Å². The van der Waals surface area contributed by atoms with Gasteiger partial charge in [0.1, 0.15) is 0 Å². The molecular formula is C19H27Ru. The predicted molar refractivity (Wildman–Crippen MR) is 89.4 cm³/mol. The van der Waals surface area contributed by atoms with Gasteiger partial charge in [0.15, 0.2) is 0 Å². The first-order chi connectivity index (χ1) is 8.97. The van der Waals surface area contributed by atoms with Crippen LogP contribution in [0, 0.1) is 19.9 Å². The van der Waals surface area contributed by atoms with Crippen LogP contribution in [0.5, 0.6) is 0 Å². The van der Waals surface area contributed by atoms with E-state index in [1.54, 1.807) is 12.2 Å². The molecule has 0 saturated carbocycles. The van der Waals surface area contributed by atoms with E-state index in [0.29, 0.717) is 0 Å². The van der Waals surface area contributed by atoms with Gasteiger partial charge in [-0.25, -0.2) is 49.8 Å². The third-order valence-corrected chi connectivity index (χ3v) is 1.95. The van der Waals surface area contributed by atoms with Gasteiger partial charge in [0.25, 0.3) is 0 Å². The van der Waals surface area contributed by atoms with Gasteiger partial charge in [-0.3, -0.25) is 6.08 Å². The Hall–Kier alpha value is -1.20. The van der Waals surface area contributed by atoms with E-state index < -0.39 is 0 Å². The summed E-state index contributed by atoms with van der Waals surface area (Å²) < 4.78 is 0. The maximum Gasteiger partial charge on any atom is 3.00 e. The average Bonchev–Trinajstić information content (AvgIpc) is 2.83. The minimum Gasteiger partial charge on any atom is -0.270 e. The SMILES string of the molecule is C=C(C)C=C[CH2-].C=C(C)C=C[CH2-].CCC1=[C-]CC=C1.[Ru+3]. The van der Waals surface area contributed by atoms with Gasteiger partial charge in [-0.05, 0) is 0 Å². The molecule has 20 heavy (non-hydrogen) atoms.